The number of nitrogens with zero attached hydrogens (tertiary/aromatic N) is 2. The van der Waals surface area contributed by atoms with Crippen molar-refractivity contribution in [2.45, 2.75) is 25.9 Å². The van der Waals surface area contributed by atoms with Gasteiger partial charge in [0.05, 0.1) is 18.4 Å². The lowest BCUT2D eigenvalue weighted by Gasteiger charge is -2.22. The SMILES string of the molecule is COC(C)(C)CCOc1nc(Cl)ncc1N. The molecule has 0 saturated heterocycles. The van der Waals surface area contributed by atoms with E-state index in [0.29, 0.717) is 18.2 Å². The minimum absolute atomic E-state index is 0.121. The van der Waals surface area contributed by atoms with E-state index in [1.54, 1.807) is 7.11 Å². The molecule has 0 atom stereocenters. The van der Waals surface area contributed by atoms with Crippen LogP contribution in [0.3, 0.4) is 0 Å². The molecule has 6 heteroatoms. The summed E-state index contributed by atoms with van der Waals surface area (Å²) in [4.78, 5) is 7.62. The molecule has 16 heavy (non-hydrogen) atoms. The second-order valence-corrected chi connectivity index (χ2v) is 4.30. The van der Waals surface area contributed by atoms with Gasteiger partial charge in [0, 0.05) is 13.5 Å². The van der Waals surface area contributed by atoms with E-state index in [9.17, 15) is 0 Å². The largest absolute Gasteiger partial charge is 0.476 e. The lowest BCUT2D eigenvalue weighted by Crippen LogP contribution is -2.25. The maximum atomic E-state index is 5.63. The predicted octanol–water partition coefficient (Wildman–Crippen LogP) is 1.91. The fourth-order valence-electron chi connectivity index (χ4n) is 0.966. The third-order valence-electron chi connectivity index (χ3n) is 2.25. The molecular formula is C10H16ClN3O2. The van der Waals surface area contributed by atoms with E-state index < -0.39 is 0 Å². The first-order valence-corrected chi connectivity index (χ1v) is 5.28. The van der Waals surface area contributed by atoms with Gasteiger partial charge in [0.2, 0.25) is 11.2 Å². The van der Waals surface area contributed by atoms with Crippen LogP contribution in [0.1, 0.15) is 20.3 Å². The molecule has 0 radical (unpaired) electrons. The summed E-state index contributed by atoms with van der Waals surface area (Å²) in [6, 6.07) is 0. The van der Waals surface area contributed by atoms with E-state index >= 15 is 0 Å². The maximum absolute atomic E-state index is 5.63. The molecule has 90 valence electrons. The number of methoxy groups -OCH3 is 1. The monoisotopic (exact) mass is 245 g/mol. The number of nitrogens with two attached hydrogens (primary N) is 1. The molecule has 0 unspecified atom stereocenters. The quantitative estimate of drug-likeness (QED) is 0.803. The van der Waals surface area contributed by atoms with E-state index in [-0.39, 0.29) is 10.9 Å². The third-order valence-corrected chi connectivity index (χ3v) is 2.43. The molecule has 0 fully saturated rings. The first kappa shape index (κ1) is 13.0. The van der Waals surface area contributed by atoms with Crippen molar-refractivity contribution in [3.05, 3.63) is 11.5 Å². The zero-order valence-electron chi connectivity index (χ0n) is 9.66. The van der Waals surface area contributed by atoms with Crippen molar-refractivity contribution in [3.63, 3.8) is 0 Å². The Labute approximate surface area is 99.9 Å². The Morgan fingerprint density at radius 3 is 2.81 bits per heavy atom. The van der Waals surface area contributed by atoms with Crippen molar-refractivity contribution < 1.29 is 9.47 Å². The van der Waals surface area contributed by atoms with Crippen LogP contribution in [0.15, 0.2) is 6.20 Å². The molecule has 1 aromatic heterocycles. The van der Waals surface area contributed by atoms with Gasteiger partial charge in [0.1, 0.15) is 5.69 Å². The Hall–Kier alpha value is -1.07. The third kappa shape index (κ3) is 3.83. The molecule has 0 aromatic carbocycles. The topological polar surface area (TPSA) is 70.3 Å². The lowest BCUT2D eigenvalue weighted by atomic mass is 10.1. The molecule has 1 heterocycles. The van der Waals surface area contributed by atoms with Crippen LogP contribution in [0.5, 0.6) is 5.88 Å². The summed E-state index contributed by atoms with van der Waals surface area (Å²) in [5.74, 6) is 0.312. The van der Waals surface area contributed by atoms with Crippen molar-refractivity contribution in [2.75, 3.05) is 19.5 Å². The number of halogens is 1. The molecule has 0 bridgehead atoms. The normalized spacial score (nSPS) is 11.5. The fourth-order valence-corrected chi connectivity index (χ4v) is 1.09. The Balaban J connectivity index is 2.52. The highest BCUT2D eigenvalue weighted by Crippen LogP contribution is 2.20. The zero-order chi connectivity index (χ0) is 12.2. The van der Waals surface area contributed by atoms with Crippen molar-refractivity contribution in [2.24, 2.45) is 0 Å². The van der Waals surface area contributed by atoms with Gasteiger partial charge in [-0.25, -0.2) is 4.98 Å². The van der Waals surface area contributed by atoms with Crippen molar-refractivity contribution in [1.82, 2.24) is 9.97 Å². The fraction of sp³-hybridized carbons (Fsp3) is 0.600. The number of ether oxygens (including phenoxy) is 2. The smallest absolute Gasteiger partial charge is 0.241 e. The summed E-state index contributed by atoms with van der Waals surface area (Å²) < 4.78 is 10.7. The number of aromatic nitrogens is 2. The number of hydrogen-bond donors (Lipinski definition) is 1. The summed E-state index contributed by atoms with van der Waals surface area (Å²) >= 11 is 5.63. The molecule has 0 aliphatic heterocycles. The minimum Gasteiger partial charge on any atom is -0.476 e. The molecule has 0 saturated carbocycles. The molecule has 5 nitrogen and oxygen atoms in total. The van der Waals surface area contributed by atoms with Crippen LogP contribution in [0.2, 0.25) is 5.28 Å². The number of hydrogen-bond acceptors (Lipinski definition) is 5. The van der Waals surface area contributed by atoms with Gasteiger partial charge in [-0.3, -0.25) is 0 Å². The molecular weight excluding hydrogens is 230 g/mol. The van der Waals surface area contributed by atoms with Gasteiger partial charge in [-0.2, -0.15) is 4.98 Å². The van der Waals surface area contributed by atoms with Gasteiger partial charge in [-0.05, 0) is 25.4 Å². The standard InChI is InChI=1S/C10H16ClN3O2/c1-10(2,15-3)4-5-16-8-7(12)6-13-9(11)14-8/h6H,4-5,12H2,1-3H3. The Bertz CT molecular complexity index is 358. The van der Waals surface area contributed by atoms with Crippen LogP contribution >= 0.6 is 11.6 Å². The first-order valence-electron chi connectivity index (χ1n) is 4.90. The number of nitrogen functional groups attached to an aromatic ring is 1. The van der Waals surface area contributed by atoms with Crippen LogP contribution in [0.25, 0.3) is 0 Å². The summed E-state index contributed by atoms with van der Waals surface area (Å²) in [6.45, 7) is 4.41. The highest BCUT2D eigenvalue weighted by atomic mass is 35.5. The molecule has 2 N–H and O–H groups in total. The summed E-state index contributed by atoms with van der Waals surface area (Å²) in [6.07, 6.45) is 2.15. The van der Waals surface area contributed by atoms with Gasteiger partial charge in [0.15, 0.2) is 0 Å². The average Bonchev–Trinajstić information content (AvgIpc) is 2.23. The van der Waals surface area contributed by atoms with Gasteiger partial charge in [-0.1, -0.05) is 0 Å². The van der Waals surface area contributed by atoms with Crippen LogP contribution in [0, 0.1) is 0 Å². The van der Waals surface area contributed by atoms with Gasteiger partial charge in [-0.15, -0.1) is 0 Å². The molecule has 0 amide bonds. The van der Waals surface area contributed by atoms with Gasteiger partial charge < -0.3 is 15.2 Å². The molecule has 0 spiro atoms. The lowest BCUT2D eigenvalue weighted by molar-refractivity contribution is 0.00514. The molecule has 1 rings (SSSR count). The van der Waals surface area contributed by atoms with Crippen LogP contribution in [0.4, 0.5) is 5.69 Å². The molecule has 0 aliphatic carbocycles. The Kier molecular flexibility index (Phi) is 4.32. The summed E-state index contributed by atoms with van der Waals surface area (Å²) in [7, 11) is 1.66. The minimum atomic E-state index is -0.231. The average molecular weight is 246 g/mol. The van der Waals surface area contributed by atoms with Crippen molar-refractivity contribution in [3.8, 4) is 5.88 Å². The maximum Gasteiger partial charge on any atom is 0.241 e. The highest BCUT2D eigenvalue weighted by molar-refractivity contribution is 6.28. The Morgan fingerprint density at radius 2 is 2.19 bits per heavy atom. The molecule has 0 aliphatic rings. The van der Waals surface area contributed by atoms with Crippen LogP contribution < -0.4 is 10.5 Å². The van der Waals surface area contributed by atoms with Gasteiger partial charge in [0.25, 0.3) is 0 Å². The summed E-state index contributed by atoms with van der Waals surface area (Å²) in [5.41, 5.74) is 5.78. The first-order chi connectivity index (χ1) is 7.44. The van der Waals surface area contributed by atoms with Crippen LogP contribution in [-0.2, 0) is 4.74 Å². The zero-order valence-corrected chi connectivity index (χ0v) is 10.4. The van der Waals surface area contributed by atoms with E-state index in [0.717, 1.165) is 6.42 Å². The molecule has 1 aromatic rings. The predicted molar refractivity (Wildman–Crippen MR) is 62.7 cm³/mol. The number of rotatable bonds is 5. The van der Waals surface area contributed by atoms with Crippen molar-refractivity contribution in [1.29, 1.82) is 0 Å². The summed E-state index contributed by atoms with van der Waals surface area (Å²) in [5, 5.41) is 0.121. The highest BCUT2D eigenvalue weighted by Gasteiger charge is 2.16. The van der Waals surface area contributed by atoms with Gasteiger partial charge >= 0.3 is 0 Å². The Morgan fingerprint density at radius 1 is 1.50 bits per heavy atom. The van der Waals surface area contributed by atoms with Crippen LogP contribution in [-0.4, -0.2) is 29.3 Å². The number of anilines is 1. The van der Waals surface area contributed by atoms with E-state index in [1.807, 2.05) is 13.8 Å². The van der Waals surface area contributed by atoms with Crippen molar-refractivity contribution >= 4 is 17.3 Å². The van der Waals surface area contributed by atoms with E-state index in [1.165, 1.54) is 6.20 Å². The second kappa shape index (κ2) is 5.32. The second-order valence-electron chi connectivity index (χ2n) is 3.96. The van der Waals surface area contributed by atoms with E-state index in [2.05, 4.69) is 9.97 Å². The van der Waals surface area contributed by atoms with E-state index in [4.69, 9.17) is 26.8 Å².